The van der Waals surface area contributed by atoms with Crippen molar-refractivity contribution < 1.29 is 14.3 Å². The Morgan fingerprint density at radius 1 is 1.16 bits per heavy atom. The normalized spacial score (nSPS) is 15.6. The van der Waals surface area contributed by atoms with E-state index in [4.69, 9.17) is 9.72 Å². The standard InChI is InChI=1S/C36H43N5O3S/c1-5-9-31(25(3)6-2)35(43)41-18-14-28-24-29(12-13-32(28)41)34-26(4)45-36(39-34)38-33(42)23-27-10-7-11-30(22-27)44-21-8-17-40-19-15-37-16-20-40/h5-7,9-13,22,24,37H,2,8,14-21,23H2,1,3-4H3,(H,38,39,42)/b9-5-,31-25+. The summed E-state index contributed by atoms with van der Waals surface area (Å²) in [6, 6.07) is 13.9. The van der Waals surface area contributed by atoms with Gasteiger partial charge in [-0.2, -0.15) is 0 Å². The molecule has 2 aromatic carbocycles. The van der Waals surface area contributed by atoms with Crippen LogP contribution in [0.15, 0.2) is 78.4 Å². The lowest BCUT2D eigenvalue weighted by Crippen LogP contribution is -2.43. The molecule has 5 rings (SSSR count). The summed E-state index contributed by atoms with van der Waals surface area (Å²) < 4.78 is 5.98. The number of aromatic nitrogens is 1. The van der Waals surface area contributed by atoms with E-state index in [0.717, 1.165) is 89.8 Å². The van der Waals surface area contributed by atoms with Gasteiger partial charge in [0.2, 0.25) is 5.91 Å². The Hall–Kier alpha value is -4.05. The number of anilines is 2. The highest BCUT2D eigenvalue weighted by Crippen LogP contribution is 2.36. The molecule has 0 unspecified atom stereocenters. The lowest BCUT2D eigenvalue weighted by molar-refractivity contribution is -0.116. The van der Waals surface area contributed by atoms with Crippen molar-refractivity contribution in [3.63, 3.8) is 0 Å². The van der Waals surface area contributed by atoms with Crippen molar-refractivity contribution in [1.82, 2.24) is 15.2 Å². The Morgan fingerprint density at radius 3 is 2.76 bits per heavy atom. The lowest BCUT2D eigenvalue weighted by atomic mass is 10.0. The third kappa shape index (κ3) is 8.16. The first kappa shape index (κ1) is 32.3. The molecule has 0 saturated carbocycles. The van der Waals surface area contributed by atoms with Gasteiger partial charge >= 0.3 is 0 Å². The van der Waals surface area contributed by atoms with Crippen LogP contribution in [0.2, 0.25) is 0 Å². The van der Waals surface area contributed by atoms with Crippen molar-refractivity contribution >= 4 is 34.0 Å². The number of fused-ring (bicyclic) bond motifs is 1. The minimum absolute atomic E-state index is 0.0187. The molecule has 1 saturated heterocycles. The third-order valence-corrected chi connectivity index (χ3v) is 9.08. The molecule has 1 aromatic heterocycles. The largest absolute Gasteiger partial charge is 0.494 e. The first-order chi connectivity index (χ1) is 21.9. The minimum Gasteiger partial charge on any atom is -0.494 e. The van der Waals surface area contributed by atoms with Crippen LogP contribution >= 0.6 is 11.3 Å². The number of piperazine rings is 1. The quantitative estimate of drug-likeness (QED) is 0.147. The van der Waals surface area contributed by atoms with Crippen molar-refractivity contribution in [2.45, 2.75) is 40.0 Å². The summed E-state index contributed by atoms with van der Waals surface area (Å²) in [6.07, 6.45) is 7.44. The Labute approximate surface area is 270 Å². The summed E-state index contributed by atoms with van der Waals surface area (Å²) in [6.45, 7) is 16.3. The molecule has 0 spiro atoms. The zero-order chi connectivity index (χ0) is 31.8. The zero-order valence-corrected chi connectivity index (χ0v) is 27.3. The van der Waals surface area contributed by atoms with E-state index >= 15 is 0 Å². The molecule has 1 fully saturated rings. The molecule has 0 atom stereocenters. The molecule has 2 aliphatic rings. The highest BCUT2D eigenvalue weighted by Gasteiger charge is 2.27. The maximum Gasteiger partial charge on any atom is 0.258 e. The third-order valence-electron chi connectivity index (χ3n) is 8.19. The number of nitrogens with zero attached hydrogens (tertiary/aromatic N) is 3. The second kappa shape index (κ2) is 15.3. The Morgan fingerprint density at radius 2 is 1.98 bits per heavy atom. The predicted molar refractivity (Wildman–Crippen MR) is 184 cm³/mol. The topological polar surface area (TPSA) is 86.8 Å². The number of hydrogen-bond donors (Lipinski definition) is 2. The van der Waals surface area contributed by atoms with Gasteiger partial charge in [0.05, 0.1) is 18.7 Å². The summed E-state index contributed by atoms with van der Waals surface area (Å²) in [5.74, 6) is 0.651. The molecule has 236 valence electrons. The van der Waals surface area contributed by atoms with Gasteiger partial charge in [0.1, 0.15) is 5.75 Å². The molecule has 2 N–H and O–H groups in total. The fraction of sp³-hybridized carbons (Fsp3) is 0.361. The number of benzene rings is 2. The molecule has 8 nitrogen and oxygen atoms in total. The van der Waals surface area contributed by atoms with Crippen LogP contribution in [0.1, 0.15) is 36.3 Å². The summed E-state index contributed by atoms with van der Waals surface area (Å²) in [5.41, 5.74) is 6.26. The van der Waals surface area contributed by atoms with Crippen LogP contribution in [0, 0.1) is 6.92 Å². The molecule has 3 heterocycles. The monoisotopic (exact) mass is 625 g/mol. The lowest BCUT2D eigenvalue weighted by Gasteiger charge is -2.26. The molecule has 45 heavy (non-hydrogen) atoms. The fourth-order valence-electron chi connectivity index (χ4n) is 5.78. The number of carbonyl (C=O) groups excluding carboxylic acids is 2. The van der Waals surface area contributed by atoms with Gasteiger partial charge in [-0.25, -0.2) is 4.98 Å². The van der Waals surface area contributed by atoms with Crippen molar-refractivity contribution in [3.8, 4) is 17.0 Å². The SMILES string of the molecule is C=C/C(C)=C(\C=C/C)C(=O)N1CCc2cc(-c3nc(NC(=O)Cc4cccc(OCCCN5CCNCC5)c4)sc3C)ccc21. The van der Waals surface area contributed by atoms with Crippen LogP contribution in [0.4, 0.5) is 10.8 Å². The van der Waals surface area contributed by atoms with Crippen LogP contribution in [-0.2, 0) is 22.4 Å². The van der Waals surface area contributed by atoms with E-state index in [2.05, 4.69) is 28.2 Å². The number of allylic oxidation sites excluding steroid dienone is 3. The maximum absolute atomic E-state index is 13.4. The first-order valence-corrected chi connectivity index (χ1v) is 16.5. The Kier molecular flexibility index (Phi) is 11.0. The fourth-order valence-corrected chi connectivity index (χ4v) is 6.63. The molecule has 0 aliphatic carbocycles. The van der Waals surface area contributed by atoms with Crippen molar-refractivity contribution in [1.29, 1.82) is 0 Å². The minimum atomic E-state index is -0.117. The number of ether oxygens (including phenoxy) is 1. The van der Waals surface area contributed by atoms with Gasteiger partial charge in [0.15, 0.2) is 5.13 Å². The van der Waals surface area contributed by atoms with Gasteiger partial charge in [0.25, 0.3) is 5.91 Å². The molecule has 9 heteroatoms. The zero-order valence-electron chi connectivity index (χ0n) is 26.5. The average Bonchev–Trinajstić information content (AvgIpc) is 3.64. The number of amides is 2. The van der Waals surface area contributed by atoms with Crippen LogP contribution in [-0.4, -0.2) is 67.6 Å². The molecular formula is C36H43N5O3S. The maximum atomic E-state index is 13.4. The second-order valence-electron chi connectivity index (χ2n) is 11.4. The number of aryl methyl sites for hydroxylation is 1. The van der Waals surface area contributed by atoms with E-state index in [1.165, 1.54) is 11.3 Å². The summed E-state index contributed by atoms with van der Waals surface area (Å²) in [4.78, 5) is 36.4. The smallest absolute Gasteiger partial charge is 0.258 e. The van der Waals surface area contributed by atoms with Crippen LogP contribution in [0.5, 0.6) is 5.75 Å². The van der Waals surface area contributed by atoms with E-state index in [1.807, 2.05) is 74.2 Å². The Bertz CT molecular complexity index is 1600. The highest BCUT2D eigenvalue weighted by molar-refractivity contribution is 7.16. The number of carbonyl (C=O) groups is 2. The van der Waals surface area contributed by atoms with E-state index in [-0.39, 0.29) is 18.2 Å². The van der Waals surface area contributed by atoms with Gasteiger partial charge < -0.3 is 25.2 Å². The molecule has 2 aliphatic heterocycles. The Balaban J connectivity index is 1.18. The van der Waals surface area contributed by atoms with Crippen LogP contribution < -0.4 is 20.3 Å². The molecular weight excluding hydrogens is 582 g/mol. The van der Waals surface area contributed by atoms with E-state index in [1.54, 1.807) is 6.08 Å². The number of hydrogen-bond acceptors (Lipinski definition) is 7. The molecule has 2 amide bonds. The first-order valence-electron chi connectivity index (χ1n) is 15.7. The van der Waals surface area contributed by atoms with Crippen LogP contribution in [0.3, 0.4) is 0 Å². The summed E-state index contributed by atoms with van der Waals surface area (Å²) >= 11 is 1.47. The van der Waals surface area contributed by atoms with Gasteiger partial charge in [-0.05, 0) is 74.6 Å². The summed E-state index contributed by atoms with van der Waals surface area (Å²) in [5, 5.41) is 6.94. The molecule has 0 radical (unpaired) electrons. The molecule has 3 aromatic rings. The van der Waals surface area contributed by atoms with Gasteiger partial charge in [-0.1, -0.05) is 43.0 Å². The second-order valence-corrected chi connectivity index (χ2v) is 12.6. The number of nitrogens with one attached hydrogen (secondary N) is 2. The van der Waals surface area contributed by atoms with E-state index in [9.17, 15) is 9.59 Å². The van der Waals surface area contributed by atoms with Crippen molar-refractivity contribution in [2.24, 2.45) is 0 Å². The summed E-state index contributed by atoms with van der Waals surface area (Å²) in [7, 11) is 0. The van der Waals surface area contributed by atoms with Crippen molar-refractivity contribution in [3.05, 3.63) is 94.4 Å². The average molecular weight is 626 g/mol. The van der Waals surface area contributed by atoms with Crippen molar-refractivity contribution in [2.75, 3.05) is 56.1 Å². The van der Waals surface area contributed by atoms with Gasteiger partial charge in [-0.3, -0.25) is 9.59 Å². The van der Waals surface area contributed by atoms with E-state index in [0.29, 0.717) is 23.9 Å². The highest BCUT2D eigenvalue weighted by atomic mass is 32.1. The van der Waals surface area contributed by atoms with Gasteiger partial charge in [0, 0.05) is 61.0 Å². The number of rotatable bonds is 12. The predicted octanol–water partition coefficient (Wildman–Crippen LogP) is 5.94. The van der Waals surface area contributed by atoms with Gasteiger partial charge in [-0.15, -0.1) is 11.3 Å². The number of thiazole rings is 1. The van der Waals surface area contributed by atoms with E-state index < -0.39 is 0 Å². The van der Waals surface area contributed by atoms with Crippen LogP contribution in [0.25, 0.3) is 11.3 Å². The molecule has 0 bridgehead atoms.